The van der Waals surface area contributed by atoms with E-state index in [-0.39, 0.29) is 174 Å². The van der Waals surface area contributed by atoms with Crippen LogP contribution in [0, 0.1) is 0 Å². The van der Waals surface area contributed by atoms with Crippen molar-refractivity contribution >= 4 is 110 Å². The van der Waals surface area contributed by atoms with Gasteiger partial charge in [0.25, 0.3) is 5.91 Å². The summed E-state index contributed by atoms with van der Waals surface area (Å²) >= 11 is 0.828. The van der Waals surface area contributed by atoms with Gasteiger partial charge in [0.2, 0.25) is 26.8 Å². The summed E-state index contributed by atoms with van der Waals surface area (Å²) < 4.78 is 142. The third-order valence-corrected chi connectivity index (χ3v) is 11.8. The van der Waals surface area contributed by atoms with E-state index >= 15 is 0 Å². The average molecular weight is 1080 g/mol. The molecule has 0 bridgehead atoms. The van der Waals surface area contributed by atoms with E-state index in [2.05, 4.69) is 43.5 Å². The summed E-state index contributed by atoms with van der Waals surface area (Å²) in [6, 6.07) is 10.4. The van der Waals surface area contributed by atoms with Crippen LogP contribution in [0.2, 0.25) is 0 Å². The second-order valence-electron chi connectivity index (χ2n) is 11.5. The Hall–Kier alpha value is -0.780. The standard InChI is InChI=1S/C30H29N5O21S6.4Na/c1-17(36)27(34-32-20-4-8-22(9-5-20)59(40,41)13-11-52-62(48,49)50)30(38)31-24-16-23-18(15-26(24)60(42,43)44)14-25(58-56-54-39)28(29(23)37)35-33-19-2-6-21(7-3-19)53-55-57-12-10-51-61(45,46)47;;;;/h2-9,14-16,27,37,39H,10-13H2,1H3,(H,31,38)(H,42,43,44)(H,45,46,47)(H,48,49,50);;;;/q;4*+1/p-4. The van der Waals surface area contributed by atoms with Gasteiger partial charge in [-0.25, -0.2) is 33.7 Å². The summed E-state index contributed by atoms with van der Waals surface area (Å²) in [5.74, 6) is -3.85. The normalized spacial score (nSPS) is 12.4. The Morgan fingerprint density at radius 3 is 1.91 bits per heavy atom. The first-order valence-corrected chi connectivity index (χ1v) is 23.5. The van der Waals surface area contributed by atoms with E-state index in [1.807, 2.05) is 0 Å². The number of Topliss-reactive ketones (excluding diaryl/α,β-unsaturated/α-hetero) is 1. The van der Waals surface area contributed by atoms with Crippen LogP contribution in [0.15, 0.2) is 102 Å². The van der Waals surface area contributed by atoms with Crippen molar-refractivity contribution in [3.05, 3.63) is 66.7 Å². The van der Waals surface area contributed by atoms with E-state index < -0.39 is 99.5 Å². The predicted octanol–water partition coefficient (Wildman–Crippen LogP) is -9.52. The van der Waals surface area contributed by atoms with Gasteiger partial charge >= 0.3 is 118 Å². The molecule has 4 rings (SSSR count). The Balaban J connectivity index is 0.0000106. The average Bonchev–Trinajstić information content (AvgIpc) is 3.17. The number of carbonyl (C=O) groups excluding carboxylic acids is 2. The van der Waals surface area contributed by atoms with Crippen LogP contribution in [0.1, 0.15) is 6.92 Å². The van der Waals surface area contributed by atoms with Gasteiger partial charge in [-0.05, 0) is 79.0 Å². The van der Waals surface area contributed by atoms with E-state index in [0.717, 1.165) is 49.4 Å². The third-order valence-electron chi connectivity index (χ3n) is 7.20. The molecular weight excluding hydrogens is 1050 g/mol. The number of ketones is 1. The number of amides is 1. The van der Waals surface area contributed by atoms with Crippen LogP contribution < -0.4 is 134 Å². The molecule has 0 aliphatic carbocycles. The summed E-state index contributed by atoms with van der Waals surface area (Å²) in [6.07, 6.45) is 0. The number of rotatable bonds is 23. The molecule has 36 heteroatoms. The van der Waals surface area contributed by atoms with Crippen LogP contribution in [0.4, 0.5) is 22.7 Å². The number of phenols is 1. The van der Waals surface area contributed by atoms with Crippen LogP contribution in [-0.2, 0) is 72.4 Å². The maximum atomic E-state index is 13.3. The maximum absolute atomic E-state index is 13.3. The second-order valence-corrected chi connectivity index (χ2v) is 18.6. The van der Waals surface area contributed by atoms with Gasteiger partial charge < -0.3 is 34.2 Å². The molecule has 0 heterocycles. The summed E-state index contributed by atoms with van der Waals surface area (Å²) in [4.78, 5) is 29.2. The quantitative estimate of drug-likeness (QED) is 0.00801. The Morgan fingerprint density at radius 1 is 0.773 bits per heavy atom. The summed E-state index contributed by atoms with van der Waals surface area (Å²) in [5, 5.41) is 42.3. The Kier molecular flexibility index (Phi) is 29.2. The summed E-state index contributed by atoms with van der Waals surface area (Å²) in [6.45, 7) is -0.501. The van der Waals surface area contributed by atoms with Crippen molar-refractivity contribution in [2.45, 2.75) is 27.7 Å². The molecule has 0 radical (unpaired) electrons. The van der Waals surface area contributed by atoms with Crippen molar-refractivity contribution in [1.29, 1.82) is 0 Å². The number of carbonyl (C=O) groups is 2. The zero-order valence-electron chi connectivity index (χ0n) is 34.6. The van der Waals surface area contributed by atoms with Gasteiger partial charge in [0.1, 0.15) is 15.8 Å². The Morgan fingerprint density at radius 2 is 1.35 bits per heavy atom. The Bertz CT molecular complexity index is 2810. The largest absolute Gasteiger partial charge is 1.00 e. The number of hydrogen-bond donors (Lipinski definition) is 2. The van der Waals surface area contributed by atoms with Crippen LogP contribution in [0.5, 0.6) is 11.5 Å². The smallest absolute Gasteiger partial charge is 0.744 e. The predicted molar refractivity (Wildman–Crippen MR) is 204 cm³/mol. The molecule has 336 valence electrons. The molecule has 0 aromatic heterocycles. The van der Waals surface area contributed by atoms with Gasteiger partial charge in [0.05, 0.1) is 62.8 Å². The third kappa shape index (κ3) is 21.3. The first kappa shape index (κ1) is 65.2. The van der Waals surface area contributed by atoms with Crippen LogP contribution in [0.3, 0.4) is 0 Å². The molecule has 1 unspecified atom stereocenters. The molecule has 0 saturated heterocycles. The minimum Gasteiger partial charge on any atom is -0.744 e. The van der Waals surface area contributed by atoms with E-state index in [1.54, 1.807) is 0 Å². The van der Waals surface area contributed by atoms with Crippen molar-refractivity contribution < 1.29 is 212 Å². The number of phenolic OH excluding ortho intramolecular Hbond substituents is 1. The van der Waals surface area contributed by atoms with Crippen LogP contribution >= 0.6 is 24.1 Å². The molecule has 0 fully saturated rings. The first-order chi connectivity index (χ1) is 29.0. The van der Waals surface area contributed by atoms with E-state index in [0.29, 0.717) is 12.0 Å². The molecule has 0 aliphatic rings. The zero-order chi connectivity index (χ0) is 45.9. The van der Waals surface area contributed by atoms with E-state index in [4.69, 9.17) is 9.22 Å². The number of sulfone groups is 1. The fraction of sp³-hybridized carbons (Fsp3) is 0.200. The van der Waals surface area contributed by atoms with Crippen molar-refractivity contribution in [3.63, 3.8) is 0 Å². The monoisotopic (exact) mass is 1070 g/mol. The molecule has 0 saturated carbocycles. The molecule has 1 atom stereocenters. The van der Waals surface area contributed by atoms with Gasteiger partial charge in [-0.2, -0.15) is 19.7 Å². The molecule has 66 heavy (non-hydrogen) atoms. The topological polar surface area (TPSA) is 400 Å². The van der Waals surface area contributed by atoms with Crippen molar-refractivity contribution in [2.75, 3.05) is 30.0 Å². The number of azo groups is 2. The zero-order valence-corrected chi connectivity index (χ0v) is 47.5. The molecule has 0 spiro atoms. The van der Waals surface area contributed by atoms with Crippen molar-refractivity contribution in [1.82, 2.24) is 0 Å². The summed E-state index contributed by atoms with van der Waals surface area (Å²) in [7, 11) is -19.6. The van der Waals surface area contributed by atoms with Crippen molar-refractivity contribution in [3.8, 4) is 11.5 Å². The SMILES string of the molecule is CC(=O)C(N=Nc1ccc(S(=O)(=O)CCOS(=O)(=O)[O-])cc1)C(=O)Nc1cc2c(O)c(N=Nc3ccc(OOSCCOS(=O)(=O)[O-])cc3)c(SOO[O-])cc2cc1S(=O)(=O)[O-].[Na+].[Na+].[Na+].[Na+]. The number of benzene rings is 4. The second kappa shape index (κ2) is 29.5. The molecule has 0 aliphatic heterocycles. The van der Waals surface area contributed by atoms with Gasteiger partial charge in [-0.1, -0.05) is 0 Å². The summed E-state index contributed by atoms with van der Waals surface area (Å²) in [5.41, 5.74) is -1.12. The van der Waals surface area contributed by atoms with Crippen LogP contribution in [0.25, 0.3) is 10.8 Å². The maximum Gasteiger partial charge on any atom is 1.00 e. The van der Waals surface area contributed by atoms with E-state index in [9.17, 15) is 67.3 Å². The molecular formula is C30H25N5Na4O21S6. The molecule has 26 nitrogen and oxygen atoms in total. The number of nitrogens with zero attached hydrogens (tertiary/aromatic N) is 4. The number of aromatic hydroxyl groups is 1. The van der Waals surface area contributed by atoms with Gasteiger partial charge in [0.15, 0.2) is 27.1 Å². The minimum atomic E-state index is -5.42. The number of nitrogens with one attached hydrogen (secondary N) is 1. The molecule has 4 aromatic carbocycles. The number of anilines is 1. The molecule has 4 aromatic rings. The Labute approximate surface area is 472 Å². The number of fused-ring (bicyclic) bond motifs is 1. The molecule has 1 amide bonds. The van der Waals surface area contributed by atoms with Gasteiger partial charge in [-0.15, -0.1) is 9.45 Å². The van der Waals surface area contributed by atoms with Crippen molar-refractivity contribution in [2.24, 2.45) is 20.5 Å². The van der Waals surface area contributed by atoms with Gasteiger partial charge in [0, 0.05) is 23.2 Å². The number of hydrogen-bond acceptors (Lipinski definition) is 27. The fourth-order valence-corrected chi connectivity index (χ4v) is 7.92. The van der Waals surface area contributed by atoms with E-state index in [1.165, 1.54) is 24.3 Å². The first-order valence-electron chi connectivity index (χ1n) is 16.1. The molecule has 2 N–H and O–H groups in total. The fourth-order valence-electron chi connectivity index (χ4n) is 4.56. The minimum absolute atomic E-state index is 0. The van der Waals surface area contributed by atoms with Gasteiger partial charge in [-0.3, -0.25) is 23.0 Å². The van der Waals surface area contributed by atoms with Crippen LogP contribution in [-0.4, -0.2) is 94.9 Å².